The van der Waals surface area contributed by atoms with Gasteiger partial charge in [-0.05, 0) is 11.6 Å². The first-order valence-corrected chi connectivity index (χ1v) is 6.76. The lowest BCUT2D eigenvalue weighted by molar-refractivity contribution is -0.138. The average molecular weight is 265 g/mol. The fourth-order valence-corrected chi connectivity index (χ4v) is 3.23. The van der Waals surface area contributed by atoms with Crippen LogP contribution in [0.2, 0.25) is 0 Å². The number of rotatable bonds is 4. The number of nitrogens with zero attached hydrogens (tertiary/aromatic N) is 1. The van der Waals surface area contributed by atoms with Crippen LogP contribution in [-0.2, 0) is 9.59 Å². The molecule has 1 aromatic rings. The SMILES string of the molecule is CN(CCC(=O)O)C(=O)[C@@H]1CSc2ccccc21. The Morgan fingerprint density at radius 2 is 2.17 bits per heavy atom. The Morgan fingerprint density at radius 1 is 1.44 bits per heavy atom. The van der Waals surface area contributed by atoms with Crippen molar-refractivity contribution >= 4 is 23.6 Å². The number of benzene rings is 1. The van der Waals surface area contributed by atoms with Crippen molar-refractivity contribution < 1.29 is 14.7 Å². The Bertz CT molecular complexity index is 475. The molecule has 0 spiro atoms. The minimum absolute atomic E-state index is 0.00806. The highest BCUT2D eigenvalue weighted by Crippen LogP contribution is 2.39. The highest BCUT2D eigenvalue weighted by molar-refractivity contribution is 7.99. The molecule has 5 heteroatoms. The molecule has 1 amide bonds. The Labute approximate surface area is 110 Å². The minimum Gasteiger partial charge on any atom is -0.481 e. The summed E-state index contributed by atoms with van der Waals surface area (Å²) in [6.07, 6.45) is -0.0102. The molecular weight excluding hydrogens is 250 g/mol. The molecule has 96 valence electrons. The van der Waals surface area contributed by atoms with Crippen molar-refractivity contribution in [2.24, 2.45) is 0 Å². The van der Waals surface area contributed by atoms with Gasteiger partial charge in [0.1, 0.15) is 0 Å². The zero-order valence-corrected chi connectivity index (χ0v) is 10.9. The lowest BCUT2D eigenvalue weighted by Crippen LogP contribution is -2.33. The molecule has 0 unspecified atom stereocenters. The summed E-state index contributed by atoms with van der Waals surface area (Å²) in [4.78, 5) is 25.4. The Balaban J connectivity index is 2.05. The number of fused-ring (bicyclic) bond motifs is 1. The third-order valence-corrected chi connectivity index (χ3v) is 4.22. The number of carboxylic acid groups (broad SMARTS) is 1. The fraction of sp³-hybridized carbons (Fsp3) is 0.385. The number of aliphatic carboxylic acids is 1. The van der Waals surface area contributed by atoms with E-state index in [9.17, 15) is 9.59 Å². The topological polar surface area (TPSA) is 57.6 Å². The molecule has 1 aliphatic heterocycles. The van der Waals surface area contributed by atoms with E-state index in [0.717, 1.165) is 16.2 Å². The molecule has 18 heavy (non-hydrogen) atoms. The predicted octanol–water partition coefficient (Wildman–Crippen LogP) is 1.81. The molecule has 1 N–H and O–H groups in total. The van der Waals surface area contributed by atoms with Gasteiger partial charge >= 0.3 is 5.97 Å². The normalized spacial score (nSPS) is 17.3. The number of carbonyl (C=O) groups excluding carboxylic acids is 1. The summed E-state index contributed by atoms with van der Waals surface area (Å²) in [6.45, 7) is 0.261. The van der Waals surface area contributed by atoms with E-state index < -0.39 is 5.97 Å². The van der Waals surface area contributed by atoms with Gasteiger partial charge < -0.3 is 10.0 Å². The summed E-state index contributed by atoms with van der Waals surface area (Å²) in [5.41, 5.74) is 1.06. The number of carboxylic acids is 1. The van der Waals surface area contributed by atoms with Gasteiger partial charge in [-0.2, -0.15) is 0 Å². The number of thioether (sulfide) groups is 1. The van der Waals surface area contributed by atoms with E-state index in [1.807, 2.05) is 24.3 Å². The highest BCUT2D eigenvalue weighted by atomic mass is 32.2. The molecule has 0 aromatic heterocycles. The van der Waals surface area contributed by atoms with E-state index in [-0.39, 0.29) is 24.8 Å². The average Bonchev–Trinajstić information content (AvgIpc) is 2.78. The van der Waals surface area contributed by atoms with Crippen molar-refractivity contribution in [3.8, 4) is 0 Å². The second kappa shape index (κ2) is 5.44. The summed E-state index contributed by atoms with van der Waals surface area (Å²) in [7, 11) is 1.66. The molecule has 0 saturated heterocycles. The van der Waals surface area contributed by atoms with Crippen LogP contribution in [-0.4, -0.2) is 41.2 Å². The van der Waals surface area contributed by atoms with Gasteiger partial charge in [-0.25, -0.2) is 0 Å². The van der Waals surface area contributed by atoms with Crippen molar-refractivity contribution in [1.82, 2.24) is 4.90 Å². The van der Waals surface area contributed by atoms with E-state index >= 15 is 0 Å². The van der Waals surface area contributed by atoms with E-state index in [1.54, 1.807) is 18.8 Å². The third kappa shape index (κ3) is 2.67. The van der Waals surface area contributed by atoms with Crippen LogP contribution in [0.1, 0.15) is 17.9 Å². The zero-order chi connectivity index (χ0) is 13.1. The summed E-state index contributed by atoms with van der Waals surface area (Å²) in [6, 6.07) is 7.89. The molecule has 0 fully saturated rings. The molecule has 0 saturated carbocycles. The molecular formula is C13H15NO3S. The van der Waals surface area contributed by atoms with Crippen LogP contribution in [0.3, 0.4) is 0 Å². The molecule has 1 aliphatic rings. The van der Waals surface area contributed by atoms with Crippen LogP contribution in [0.4, 0.5) is 0 Å². The first kappa shape index (κ1) is 13.0. The monoisotopic (exact) mass is 265 g/mol. The predicted molar refractivity (Wildman–Crippen MR) is 69.8 cm³/mol. The Hall–Kier alpha value is -1.49. The zero-order valence-electron chi connectivity index (χ0n) is 10.1. The second-order valence-electron chi connectivity index (χ2n) is 4.30. The van der Waals surface area contributed by atoms with Gasteiger partial charge in [-0.15, -0.1) is 11.8 Å². The van der Waals surface area contributed by atoms with Crippen LogP contribution >= 0.6 is 11.8 Å². The summed E-state index contributed by atoms with van der Waals surface area (Å²) in [5, 5.41) is 8.63. The first-order chi connectivity index (χ1) is 8.59. The molecule has 1 heterocycles. The Morgan fingerprint density at radius 3 is 2.89 bits per heavy atom. The van der Waals surface area contributed by atoms with Crippen molar-refractivity contribution in [3.05, 3.63) is 29.8 Å². The molecule has 1 atom stereocenters. The third-order valence-electron chi connectivity index (χ3n) is 3.04. The minimum atomic E-state index is -0.879. The fourth-order valence-electron chi connectivity index (χ4n) is 2.01. The number of hydrogen-bond acceptors (Lipinski definition) is 3. The smallest absolute Gasteiger partial charge is 0.305 e. The molecule has 4 nitrogen and oxygen atoms in total. The lowest BCUT2D eigenvalue weighted by atomic mass is 10.00. The van der Waals surface area contributed by atoms with Crippen LogP contribution < -0.4 is 0 Å². The molecule has 1 aromatic carbocycles. The van der Waals surface area contributed by atoms with Gasteiger partial charge in [0.05, 0.1) is 12.3 Å². The number of hydrogen-bond donors (Lipinski definition) is 1. The van der Waals surface area contributed by atoms with Crippen LogP contribution in [0.15, 0.2) is 29.2 Å². The highest BCUT2D eigenvalue weighted by Gasteiger charge is 2.30. The lowest BCUT2D eigenvalue weighted by Gasteiger charge is -2.20. The van der Waals surface area contributed by atoms with Gasteiger partial charge in [0.15, 0.2) is 0 Å². The standard InChI is InChI=1S/C13H15NO3S/c1-14(7-6-12(15)16)13(17)10-8-18-11-5-3-2-4-9(10)11/h2-5,10H,6-8H2,1H3,(H,15,16)/t10-/m1/s1. The van der Waals surface area contributed by atoms with Gasteiger partial charge in [-0.1, -0.05) is 18.2 Å². The molecule has 2 rings (SSSR count). The van der Waals surface area contributed by atoms with Gasteiger partial charge in [0.2, 0.25) is 5.91 Å². The molecule has 0 aliphatic carbocycles. The van der Waals surface area contributed by atoms with Crippen LogP contribution in [0.5, 0.6) is 0 Å². The quantitative estimate of drug-likeness (QED) is 0.902. The number of carbonyl (C=O) groups is 2. The Kier molecular flexibility index (Phi) is 3.91. The maximum Gasteiger partial charge on any atom is 0.305 e. The van der Waals surface area contributed by atoms with Crippen molar-refractivity contribution in [2.45, 2.75) is 17.2 Å². The van der Waals surface area contributed by atoms with E-state index in [1.165, 1.54) is 4.90 Å². The van der Waals surface area contributed by atoms with Crippen molar-refractivity contribution in [3.63, 3.8) is 0 Å². The second-order valence-corrected chi connectivity index (χ2v) is 5.37. The van der Waals surface area contributed by atoms with Crippen LogP contribution in [0.25, 0.3) is 0 Å². The van der Waals surface area contributed by atoms with E-state index in [0.29, 0.717) is 0 Å². The maximum atomic E-state index is 12.2. The summed E-state index contributed by atoms with van der Waals surface area (Å²) >= 11 is 1.68. The summed E-state index contributed by atoms with van der Waals surface area (Å²) < 4.78 is 0. The van der Waals surface area contributed by atoms with Gasteiger partial charge in [0.25, 0.3) is 0 Å². The molecule has 0 bridgehead atoms. The maximum absolute atomic E-state index is 12.2. The summed E-state index contributed by atoms with van der Waals surface area (Å²) in [5.74, 6) is -0.259. The van der Waals surface area contributed by atoms with E-state index in [4.69, 9.17) is 5.11 Å². The number of amides is 1. The largest absolute Gasteiger partial charge is 0.481 e. The van der Waals surface area contributed by atoms with Crippen LogP contribution in [0, 0.1) is 0 Å². The number of likely N-dealkylation sites (N-methyl/N-ethyl adjacent to an activating group) is 1. The van der Waals surface area contributed by atoms with Crippen molar-refractivity contribution in [1.29, 1.82) is 0 Å². The first-order valence-electron chi connectivity index (χ1n) is 5.78. The van der Waals surface area contributed by atoms with Gasteiger partial charge in [-0.3, -0.25) is 9.59 Å². The van der Waals surface area contributed by atoms with Gasteiger partial charge in [0, 0.05) is 24.2 Å². The van der Waals surface area contributed by atoms with E-state index in [2.05, 4.69) is 0 Å². The van der Waals surface area contributed by atoms with Crippen molar-refractivity contribution in [2.75, 3.05) is 19.3 Å². The molecule has 0 radical (unpaired) electrons.